The van der Waals surface area contributed by atoms with Gasteiger partial charge in [-0.3, -0.25) is 9.69 Å². The van der Waals surface area contributed by atoms with E-state index in [0.29, 0.717) is 24.9 Å². The Kier molecular flexibility index (Phi) is 7.31. The second-order valence-corrected chi connectivity index (χ2v) is 8.57. The summed E-state index contributed by atoms with van der Waals surface area (Å²) in [5.41, 5.74) is 0.781. The van der Waals surface area contributed by atoms with Crippen molar-refractivity contribution < 1.29 is 9.59 Å². The number of hydrogen-bond donors (Lipinski definition) is 2. The number of nitrogens with zero attached hydrogens (tertiary/aromatic N) is 2. The van der Waals surface area contributed by atoms with E-state index in [0.717, 1.165) is 44.6 Å². The number of rotatable bonds is 5. The Hall–Kier alpha value is -2.08. The molecule has 1 aromatic carbocycles. The molecule has 2 N–H and O–H groups in total. The standard InChI is InChI=1S/C22H34N4O2/c1-17-12-18(2)15-26(14-17)21(27)16-25-11-7-6-10-20(25)13-23-22(28)24-19-8-4-3-5-9-19/h3-5,8-9,17-18,20H,6-7,10-16H2,1-2H3,(H2,23,24,28). The summed E-state index contributed by atoms with van der Waals surface area (Å²) >= 11 is 0. The zero-order valence-electron chi connectivity index (χ0n) is 17.2. The molecule has 3 unspecified atom stereocenters. The summed E-state index contributed by atoms with van der Waals surface area (Å²) < 4.78 is 0. The van der Waals surface area contributed by atoms with E-state index in [1.54, 1.807) is 0 Å². The maximum absolute atomic E-state index is 12.9. The average Bonchev–Trinajstić information content (AvgIpc) is 2.67. The average molecular weight is 387 g/mol. The van der Waals surface area contributed by atoms with Crippen LogP contribution in [0.4, 0.5) is 10.5 Å². The van der Waals surface area contributed by atoms with Crippen LogP contribution >= 0.6 is 0 Å². The third-order valence-electron chi connectivity index (χ3n) is 5.84. The van der Waals surface area contributed by atoms with Crippen LogP contribution in [-0.4, -0.2) is 60.5 Å². The highest BCUT2D eigenvalue weighted by atomic mass is 16.2. The normalized spacial score (nSPS) is 25.9. The topological polar surface area (TPSA) is 64.7 Å². The van der Waals surface area contributed by atoms with Crippen LogP contribution < -0.4 is 10.6 Å². The predicted molar refractivity (Wildman–Crippen MR) is 112 cm³/mol. The smallest absolute Gasteiger partial charge is 0.319 e. The number of hydrogen-bond acceptors (Lipinski definition) is 3. The molecule has 3 rings (SSSR count). The molecule has 2 saturated heterocycles. The third-order valence-corrected chi connectivity index (χ3v) is 5.84. The van der Waals surface area contributed by atoms with Crippen molar-refractivity contribution in [3.8, 4) is 0 Å². The van der Waals surface area contributed by atoms with E-state index in [9.17, 15) is 9.59 Å². The number of anilines is 1. The van der Waals surface area contributed by atoms with Gasteiger partial charge in [0.1, 0.15) is 0 Å². The minimum Gasteiger partial charge on any atom is -0.341 e. The van der Waals surface area contributed by atoms with Crippen molar-refractivity contribution in [3.63, 3.8) is 0 Å². The number of carbonyl (C=O) groups excluding carboxylic acids is 2. The van der Waals surface area contributed by atoms with E-state index in [4.69, 9.17) is 0 Å². The molecule has 0 bridgehead atoms. The first-order valence-corrected chi connectivity index (χ1v) is 10.6. The minimum absolute atomic E-state index is 0.193. The summed E-state index contributed by atoms with van der Waals surface area (Å²) in [6.07, 6.45) is 4.49. The monoisotopic (exact) mass is 386 g/mol. The lowest BCUT2D eigenvalue weighted by Crippen LogP contribution is -2.52. The van der Waals surface area contributed by atoms with E-state index >= 15 is 0 Å². The van der Waals surface area contributed by atoms with Crippen LogP contribution in [0.2, 0.25) is 0 Å². The lowest BCUT2D eigenvalue weighted by atomic mass is 9.92. The van der Waals surface area contributed by atoms with Crippen LogP contribution in [0, 0.1) is 11.8 Å². The number of amides is 3. The van der Waals surface area contributed by atoms with E-state index in [1.165, 1.54) is 6.42 Å². The Morgan fingerprint density at radius 3 is 2.50 bits per heavy atom. The molecule has 0 spiro atoms. The Morgan fingerprint density at radius 1 is 1.07 bits per heavy atom. The predicted octanol–water partition coefficient (Wildman–Crippen LogP) is 3.17. The van der Waals surface area contributed by atoms with Crippen LogP contribution in [0.3, 0.4) is 0 Å². The molecule has 3 atom stereocenters. The molecule has 2 fully saturated rings. The molecule has 3 amide bonds. The van der Waals surface area contributed by atoms with Crippen molar-refractivity contribution >= 4 is 17.6 Å². The second-order valence-electron chi connectivity index (χ2n) is 8.57. The van der Waals surface area contributed by atoms with E-state index < -0.39 is 0 Å². The number of para-hydroxylation sites is 1. The summed E-state index contributed by atoms with van der Waals surface area (Å²) in [4.78, 5) is 29.4. The maximum atomic E-state index is 12.9. The van der Waals surface area contributed by atoms with Crippen LogP contribution in [0.5, 0.6) is 0 Å². The van der Waals surface area contributed by atoms with Gasteiger partial charge in [0.05, 0.1) is 6.54 Å². The van der Waals surface area contributed by atoms with Gasteiger partial charge in [0, 0.05) is 31.4 Å². The van der Waals surface area contributed by atoms with Crippen molar-refractivity contribution in [2.75, 3.05) is 38.0 Å². The summed E-state index contributed by atoms with van der Waals surface area (Å²) in [5.74, 6) is 1.39. The van der Waals surface area contributed by atoms with Crippen molar-refractivity contribution in [1.82, 2.24) is 15.1 Å². The summed E-state index contributed by atoms with van der Waals surface area (Å²) in [5, 5.41) is 5.84. The lowest BCUT2D eigenvalue weighted by molar-refractivity contribution is -0.136. The molecule has 28 heavy (non-hydrogen) atoms. The summed E-state index contributed by atoms with van der Waals surface area (Å²) in [6.45, 7) is 8.17. The van der Waals surface area contributed by atoms with Crippen molar-refractivity contribution in [2.45, 2.75) is 45.6 Å². The molecule has 0 aliphatic carbocycles. The quantitative estimate of drug-likeness (QED) is 0.817. The van der Waals surface area contributed by atoms with Crippen molar-refractivity contribution in [2.24, 2.45) is 11.8 Å². The maximum Gasteiger partial charge on any atom is 0.319 e. The van der Waals surface area contributed by atoms with Crippen LogP contribution in [-0.2, 0) is 4.79 Å². The minimum atomic E-state index is -0.193. The lowest BCUT2D eigenvalue weighted by Gasteiger charge is -2.39. The molecule has 6 nitrogen and oxygen atoms in total. The number of urea groups is 1. The molecule has 2 aliphatic heterocycles. The molecule has 6 heteroatoms. The molecule has 154 valence electrons. The van der Waals surface area contributed by atoms with Crippen LogP contribution in [0.1, 0.15) is 39.5 Å². The van der Waals surface area contributed by atoms with Gasteiger partial charge in [0.2, 0.25) is 5.91 Å². The van der Waals surface area contributed by atoms with Crippen LogP contribution in [0.25, 0.3) is 0 Å². The number of benzene rings is 1. The third kappa shape index (κ3) is 5.96. The molecule has 2 aliphatic rings. The van der Waals surface area contributed by atoms with Gasteiger partial charge in [-0.05, 0) is 49.8 Å². The van der Waals surface area contributed by atoms with Gasteiger partial charge >= 0.3 is 6.03 Å². The van der Waals surface area contributed by atoms with Crippen molar-refractivity contribution in [1.29, 1.82) is 0 Å². The van der Waals surface area contributed by atoms with E-state index in [1.807, 2.05) is 35.2 Å². The Bertz CT molecular complexity index is 641. The first-order chi connectivity index (χ1) is 13.5. The van der Waals surface area contributed by atoms with Gasteiger partial charge < -0.3 is 15.5 Å². The number of carbonyl (C=O) groups is 2. The first kappa shape index (κ1) is 20.6. The molecule has 0 saturated carbocycles. The van der Waals surface area contributed by atoms with E-state index in [-0.39, 0.29) is 18.0 Å². The zero-order chi connectivity index (χ0) is 19.9. The highest BCUT2D eigenvalue weighted by Gasteiger charge is 2.29. The molecule has 1 aromatic rings. The summed E-state index contributed by atoms with van der Waals surface area (Å²) in [7, 11) is 0. The molecular weight excluding hydrogens is 352 g/mol. The highest BCUT2D eigenvalue weighted by Crippen LogP contribution is 2.22. The Morgan fingerprint density at radius 2 is 1.79 bits per heavy atom. The zero-order valence-corrected chi connectivity index (χ0v) is 17.2. The fourth-order valence-corrected chi connectivity index (χ4v) is 4.55. The number of piperidine rings is 2. The molecular formula is C22H34N4O2. The van der Waals surface area contributed by atoms with Gasteiger partial charge in [0.25, 0.3) is 0 Å². The van der Waals surface area contributed by atoms with Crippen molar-refractivity contribution in [3.05, 3.63) is 30.3 Å². The largest absolute Gasteiger partial charge is 0.341 e. The van der Waals surface area contributed by atoms with Gasteiger partial charge in [-0.2, -0.15) is 0 Å². The first-order valence-electron chi connectivity index (χ1n) is 10.6. The molecule has 0 radical (unpaired) electrons. The van der Waals surface area contributed by atoms with Gasteiger partial charge in [-0.1, -0.05) is 38.5 Å². The molecule has 2 heterocycles. The van der Waals surface area contributed by atoms with Gasteiger partial charge in [-0.25, -0.2) is 4.79 Å². The van der Waals surface area contributed by atoms with E-state index in [2.05, 4.69) is 29.4 Å². The SMILES string of the molecule is CC1CC(C)CN(C(=O)CN2CCCCC2CNC(=O)Nc2ccccc2)C1. The van der Waals surface area contributed by atoms with Gasteiger partial charge in [0.15, 0.2) is 0 Å². The fraction of sp³-hybridized carbons (Fsp3) is 0.636. The number of likely N-dealkylation sites (tertiary alicyclic amines) is 2. The Balaban J connectivity index is 1.49. The second kappa shape index (κ2) is 9.92. The summed E-state index contributed by atoms with van der Waals surface area (Å²) in [6, 6.07) is 9.47. The number of nitrogens with one attached hydrogen (secondary N) is 2. The fourth-order valence-electron chi connectivity index (χ4n) is 4.55. The Labute approximate surface area is 168 Å². The van der Waals surface area contributed by atoms with Crippen LogP contribution in [0.15, 0.2) is 30.3 Å². The molecule has 0 aromatic heterocycles. The highest BCUT2D eigenvalue weighted by molar-refractivity contribution is 5.89. The van der Waals surface area contributed by atoms with Gasteiger partial charge in [-0.15, -0.1) is 0 Å².